The van der Waals surface area contributed by atoms with Gasteiger partial charge in [-0.05, 0) is 61.7 Å². The molecule has 1 aromatic heterocycles. The van der Waals surface area contributed by atoms with E-state index in [4.69, 9.17) is 9.47 Å². The van der Waals surface area contributed by atoms with Crippen LogP contribution < -0.4 is 4.74 Å². The Balaban J connectivity index is 1.44. The number of aromatic amines is 1. The van der Waals surface area contributed by atoms with Crippen molar-refractivity contribution in [1.29, 1.82) is 0 Å². The van der Waals surface area contributed by atoms with E-state index in [9.17, 15) is 9.59 Å². The fourth-order valence-corrected chi connectivity index (χ4v) is 6.54. The number of carbonyl (C=O) groups is 2. The van der Waals surface area contributed by atoms with Crippen molar-refractivity contribution in [3.8, 4) is 5.75 Å². The third-order valence-electron chi connectivity index (χ3n) is 8.55. The molecule has 1 N–H and O–H groups in total. The smallest absolute Gasteiger partial charge is 0.328 e. The fraction of sp³-hybridized carbons (Fsp3) is 0.467. The third kappa shape index (κ3) is 3.98. The molecule has 0 saturated carbocycles. The number of rotatable bonds is 9. The molecule has 6 rings (SSSR count). The van der Waals surface area contributed by atoms with Crippen molar-refractivity contribution in [3.05, 3.63) is 65.4 Å². The number of likely N-dealkylation sites (tertiary alicyclic amines) is 1. The lowest BCUT2D eigenvalue weighted by molar-refractivity contribution is -0.134. The van der Waals surface area contributed by atoms with Gasteiger partial charge in [0.2, 0.25) is 0 Å². The number of fused-ring (bicyclic) bond motifs is 4. The van der Waals surface area contributed by atoms with Gasteiger partial charge in [0, 0.05) is 43.2 Å². The second-order valence-corrected chi connectivity index (χ2v) is 10.6. The topological polar surface area (TPSA) is 78.1 Å². The molecular formula is C30H36N4O4. The Morgan fingerprint density at radius 3 is 2.55 bits per heavy atom. The van der Waals surface area contributed by atoms with Crippen LogP contribution in [-0.2, 0) is 16.0 Å². The van der Waals surface area contributed by atoms with Crippen LogP contribution in [0.15, 0.2) is 48.5 Å². The second kappa shape index (κ2) is 10.1. The lowest BCUT2D eigenvalue weighted by Gasteiger charge is -2.44. The summed E-state index contributed by atoms with van der Waals surface area (Å²) in [5.74, 6) is 0.694. The van der Waals surface area contributed by atoms with Crippen LogP contribution in [0.3, 0.4) is 0 Å². The number of hydrogen-bond acceptors (Lipinski definition) is 5. The van der Waals surface area contributed by atoms with Crippen molar-refractivity contribution in [2.75, 3.05) is 46.5 Å². The van der Waals surface area contributed by atoms with E-state index in [1.54, 1.807) is 7.11 Å². The number of imide groups is 1. The average Bonchev–Trinajstić information content (AvgIpc) is 3.64. The Morgan fingerprint density at radius 2 is 1.82 bits per heavy atom. The van der Waals surface area contributed by atoms with Crippen molar-refractivity contribution in [2.45, 2.75) is 44.2 Å². The first-order valence-electron chi connectivity index (χ1n) is 13.8. The average molecular weight is 517 g/mol. The van der Waals surface area contributed by atoms with E-state index < -0.39 is 5.54 Å². The van der Waals surface area contributed by atoms with Crippen LogP contribution in [0.2, 0.25) is 0 Å². The van der Waals surface area contributed by atoms with Gasteiger partial charge in [0.15, 0.2) is 0 Å². The van der Waals surface area contributed by atoms with Gasteiger partial charge in [0.05, 0.1) is 6.61 Å². The summed E-state index contributed by atoms with van der Waals surface area (Å²) < 4.78 is 11.1. The van der Waals surface area contributed by atoms with E-state index in [0.29, 0.717) is 32.6 Å². The minimum Gasteiger partial charge on any atom is -0.491 e. The summed E-state index contributed by atoms with van der Waals surface area (Å²) in [5.41, 5.74) is 3.13. The van der Waals surface area contributed by atoms with Crippen LogP contribution >= 0.6 is 0 Å². The molecule has 2 saturated heterocycles. The quantitative estimate of drug-likeness (QED) is 0.338. The van der Waals surface area contributed by atoms with Gasteiger partial charge in [-0.3, -0.25) is 14.6 Å². The summed E-state index contributed by atoms with van der Waals surface area (Å²) in [6.07, 6.45) is 3.40. The predicted molar refractivity (Wildman–Crippen MR) is 145 cm³/mol. The highest BCUT2D eigenvalue weighted by Crippen LogP contribution is 2.50. The van der Waals surface area contributed by atoms with Gasteiger partial charge in [0.25, 0.3) is 5.91 Å². The van der Waals surface area contributed by atoms with Gasteiger partial charge in [-0.25, -0.2) is 4.79 Å². The van der Waals surface area contributed by atoms with Crippen LogP contribution in [-0.4, -0.2) is 83.7 Å². The van der Waals surface area contributed by atoms with Crippen LogP contribution in [0.5, 0.6) is 5.75 Å². The highest BCUT2D eigenvalue weighted by molar-refractivity contribution is 6.08. The molecule has 3 aromatic rings. The summed E-state index contributed by atoms with van der Waals surface area (Å²) in [6, 6.07) is 15.5. The van der Waals surface area contributed by atoms with Crippen molar-refractivity contribution in [2.24, 2.45) is 0 Å². The molecule has 4 heterocycles. The zero-order valence-electron chi connectivity index (χ0n) is 22.2. The van der Waals surface area contributed by atoms with E-state index >= 15 is 0 Å². The lowest BCUT2D eigenvalue weighted by atomic mass is 9.78. The summed E-state index contributed by atoms with van der Waals surface area (Å²) in [6.45, 7) is 6.25. The van der Waals surface area contributed by atoms with Gasteiger partial charge in [-0.15, -0.1) is 0 Å². The number of aromatic nitrogens is 1. The number of ether oxygens (including phenoxy) is 2. The molecule has 2 fully saturated rings. The number of amides is 3. The molecule has 0 bridgehead atoms. The highest BCUT2D eigenvalue weighted by Gasteiger charge is 2.61. The van der Waals surface area contributed by atoms with Crippen LogP contribution in [0, 0.1) is 0 Å². The van der Waals surface area contributed by atoms with Crippen molar-refractivity contribution in [1.82, 2.24) is 19.7 Å². The molecule has 38 heavy (non-hydrogen) atoms. The predicted octanol–water partition coefficient (Wildman–Crippen LogP) is 4.35. The Morgan fingerprint density at radius 1 is 1.03 bits per heavy atom. The lowest BCUT2D eigenvalue weighted by Crippen LogP contribution is -2.55. The molecule has 8 heteroatoms. The van der Waals surface area contributed by atoms with Crippen LogP contribution in [0.1, 0.15) is 49.0 Å². The molecule has 2 aromatic carbocycles. The molecule has 2 atom stereocenters. The number of nitrogens with one attached hydrogen (secondary N) is 1. The maximum absolute atomic E-state index is 14.2. The monoisotopic (exact) mass is 516 g/mol. The summed E-state index contributed by atoms with van der Waals surface area (Å²) >= 11 is 0. The van der Waals surface area contributed by atoms with Crippen LogP contribution in [0.4, 0.5) is 4.79 Å². The zero-order valence-corrected chi connectivity index (χ0v) is 22.2. The van der Waals surface area contributed by atoms with Gasteiger partial charge in [0.1, 0.15) is 23.9 Å². The summed E-state index contributed by atoms with van der Waals surface area (Å²) in [5, 5.41) is 1.04. The number of benzene rings is 2. The van der Waals surface area contributed by atoms with E-state index in [2.05, 4.69) is 22.0 Å². The molecule has 0 aliphatic carbocycles. The fourth-order valence-electron chi connectivity index (χ4n) is 6.54. The van der Waals surface area contributed by atoms with E-state index in [-0.39, 0.29) is 18.0 Å². The zero-order chi connectivity index (χ0) is 26.3. The molecule has 0 spiro atoms. The molecule has 3 aliphatic rings. The SMILES string of the molecule is CCC12Cc3c([nH]c4ccc(OCCOC)cc34)C(c3ccccc3)N1C(=O)N(CCN1CCCC1)C2=O. The summed E-state index contributed by atoms with van der Waals surface area (Å²) in [7, 11) is 1.66. The number of carbonyl (C=O) groups excluding carboxylic acids is 2. The van der Waals surface area contributed by atoms with Crippen LogP contribution in [0.25, 0.3) is 10.9 Å². The molecule has 200 valence electrons. The van der Waals surface area contributed by atoms with E-state index in [1.807, 2.05) is 48.2 Å². The number of H-pyrrole nitrogens is 1. The van der Waals surface area contributed by atoms with Crippen molar-refractivity contribution < 1.29 is 19.1 Å². The molecule has 3 amide bonds. The molecular weight excluding hydrogens is 480 g/mol. The van der Waals surface area contributed by atoms with Gasteiger partial charge >= 0.3 is 6.03 Å². The first-order chi connectivity index (χ1) is 18.6. The minimum atomic E-state index is -0.919. The first-order valence-corrected chi connectivity index (χ1v) is 13.8. The number of nitrogens with zero attached hydrogens (tertiary/aromatic N) is 3. The number of hydrogen-bond donors (Lipinski definition) is 1. The number of methoxy groups -OCH3 is 1. The number of urea groups is 1. The normalized spacial score (nSPS) is 23.4. The largest absolute Gasteiger partial charge is 0.491 e. The first kappa shape index (κ1) is 24.9. The van der Waals surface area contributed by atoms with Gasteiger partial charge < -0.3 is 19.4 Å². The molecule has 3 aliphatic heterocycles. The Hall–Kier alpha value is -3.36. The minimum absolute atomic E-state index is 0.0716. The maximum atomic E-state index is 14.2. The highest BCUT2D eigenvalue weighted by atomic mass is 16.5. The van der Waals surface area contributed by atoms with Gasteiger partial charge in [-0.1, -0.05) is 37.3 Å². The summed E-state index contributed by atoms with van der Waals surface area (Å²) in [4.78, 5) is 37.7. The maximum Gasteiger partial charge on any atom is 0.328 e. The molecule has 8 nitrogen and oxygen atoms in total. The van der Waals surface area contributed by atoms with E-state index in [1.165, 1.54) is 17.7 Å². The third-order valence-corrected chi connectivity index (χ3v) is 8.55. The molecule has 0 radical (unpaired) electrons. The Bertz CT molecular complexity index is 1330. The molecule has 2 unspecified atom stereocenters. The second-order valence-electron chi connectivity index (χ2n) is 10.6. The van der Waals surface area contributed by atoms with Crippen molar-refractivity contribution in [3.63, 3.8) is 0 Å². The van der Waals surface area contributed by atoms with E-state index in [0.717, 1.165) is 53.1 Å². The van der Waals surface area contributed by atoms with Crippen molar-refractivity contribution >= 4 is 22.8 Å². The standard InChI is InChI=1S/C30H36N4O4/c1-3-30-20-24-23-19-22(38-18-17-37-2)11-12-25(23)31-26(24)27(21-9-5-4-6-10-21)34(30)29(36)33(28(30)35)16-15-32-13-7-8-14-32/h4-6,9-12,19,27,31H,3,7-8,13-18,20H2,1-2H3. The Labute approximate surface area is 223 Å². The van der Waals surface area contributed by atoms with Gasteiger partial charge in [-0.2, -0.15) is 0 Å². The Kier molecular flexibility index (Phi) is 6.61.